The fourth-order valence-electron chi connectivity index (χ4n) is 7.38. The summed E-state index contributed by atoms with van der Waals surface area (Å²) >= 11 is 0. The monoisotopic (exact) mass is 457 g/mol. The molecule has 1 heterocycles. The van der Waals surface area contributed by atoms with Crippen LogP contribution in [0.2, 0.25) is 0 Å². The Morgan fingerprint density at radius 2 is 1.91 bits per heavy atom. The van der Waals surface area contributed by atoms with E-state index in [9.17, 15) is 13.2 Å². The lowest BCUT2D eigenvalue weighted by molar-refractivity contribution is -0.274. The van der Waals surface area contributed by atoms with E-state index >= 15 is 0 Å². The highest BCUT2D eigenvalue weighted by Crippen LogP contribution is 2.89. The van der Waals surface area contributed by atoms with Gasteiger partial charge >= 0.3 is 6.36 Å². The lowest BCUT2D eigenvalue weighted by Crippen LogP contribution is -2.47. The molecule has 2 saturated carbocycles. The third-order valence-corrected chi connectivity index (χ3v) is 8.61. The van der Waals surface area contributed by atoms with Crippen LogP contribution in [0.1, 0.15) is 30.4 Å². The number of benzene rings is 2. The standard InChI is InChI=1S/C25H26F3N3O2/c1-31-14-23-13-19(32-2)8-9-22(23)12-17-7-6-16(11-20(17)24(22,23)30-21(31)29)15-4-3-5-18(10-15)33-25(26,27)28/h3-7,10-11,19H,8-9,12-14H2,1-2H3,(H2,29,30). The third kappa shape index (κ3) is 2.55. The molecule has 0 aromatic heterocycles. The molecule has 3 spiro atoms. The molecule has 2 N–H and O–H groups in total. The summed E-state index contributed by atoms with van der Waals surface area (Å²) in [4.78, 5) is 7.21. The van der Waals surface area contributed by atoms with Crippen molar-refractivity contribution in [2.75, 3.05) is 20.7 Å². The molecule has 2 aromatic carbocycles. The van der Waals surface area contributed by atoms with Gasteiger partial charge in [0.2, 0.25) is 0 Å². The summed E-state index contributed by atoms with van der Waals surface area (Å²) in [5.41, 5.74) is 9.90. The number of aliphatic imine (C=N–C) groups is 1. The van der Waals surface area contributed by atoms with Gasteiger partial charge in [0.15, 0.2) is 5.96 Å². The van der Waals surface area contributed by atoms with Gasteiger partial charge in [0.25, 0.3) is 0 Å². The summed E-state index contributed by atoms with van der Waals surface area (Å²) in [5.74, 6) is 0.318. The molecule has 0 radical (unpaired) electrons. The van der Waals surface area contributed by atoms with Gasteiger partial charge in [-0.05, 0) is 66.1 Å². The van der Waals surface area contributed by atoms with Crippen LogP contribution in [-0.2, 0) is 16.7 Å². The number of hydrogen-bond donors (Lipinski definition) is 1. The van der Waals surface area contributed by atoms with Crippen LogP contribution in [-0.4, -0.2) is 44.0 Å². The lowest BCUT2D eigenvalue weighted by Gasteiger charge is -2.39. The quantitative estimate of drug-likeness (QED) is 0.740. The molecule has 0 bridgehead atoms. The van der Waals surface area contributed by atoms with Crippen LogP contribution in [0.4, 0.5) is 13.2 Å². The number of ether oxygens (including phenoxy) is 2. The molecule has 0 amide bonds. The van der Waals surface area contributed by atoms with E-state index in [4.69, 9.17) is 15.5 Å². The number of rotatable bonds is 3. The Kier molecular flexibility index (Phi) is 4.06. The first-order valence-corrected chi connectivity index (χ1v) is 11.2. The van der Waals surface area contributed by atoms with Crippen molar-refractivity contribution in [2.24, 2.45) is 21.6 Å². The summed E-state index contributed by atoms with van der Waals surface area (Å²) < 4.78 is 48.1. The van der Waals surface area contributed by atoms with Gasteiger partial charge in [-0.1, -0.05) is 24.3 Å². The molecule has 2 fully saturated rings. The maximum atomic E-state index is 12.7. The molecule has 174 valence electrons. The van der Waals surface area contributed by atoms with Crippen molar-refractivity contribution in [2.45, 2.75) is 43.7 Å². The summed E-state index contributed by atoms with van der Waals surface area (Å²) in [6.45, 7) is 0.834. The Morgan fingerprint density at radius 1 is 1.12 bits per heavy atom. The van der Waals surface area contributed by atoms with E-state index in [0.29, 0.717) is 11.5 Å². The normalized spacial score (nSPS) is 34.0. The van der Waals surface area contributed by atoms with Crippen molar-refractivity contribution in [3.63, 3.8) is 0 Å². The van der Waals surface area contributed by atoms with E-state index in [-0.39, 0.29) is 22.7 Å². The predicted octanol–water partition coefficient (Wildman–Crippen LogP) is 4.45. The Balaban J connectivity index is 1.46. The van der Waals surface area contributed by atoms with Gasteiger partial charge in [0.1, 0.15) is 11.3 Å². The van der Waals surface area contributed by atoms with Crippen molar-refractivity contribution < 1.29 is 22.6 Å². The largest absolute Gasteiger partial charge is 0.573 e. The first-order valence-electron chi connectivity index (χ1n) is 11.2. The van der Waals surface area contributed by atoms with Crippen LogP contribution >= 0.6 is 0 Å². The molecular weight excluding hydrogens is 431 g/mol. The molecule has 3 aliphatic carbocycles. The molecule has 0 saturated heterocycles. The molecule has 4 unspecified atom stereocenters. The molecule has 4 atom stereocenters. The summed E-state index contributed by atoms with van der Waals surface area (Å²) in [7, 11) is 3.76. The smallest absolute Gasteiger partial charge is 0.406 e. The zero-order valence-electron chi connectivity index (χ0n) is 18.6. The van der Waals surface area contributed by atoms with Gasteiger partial charge < -0.3 is 20.1 Å². The van der Waals surface area contributed by atoms with E-state index in [1.165, 1.54) is 17.7 Å². The molecule has 5 nitrogen and oxygen atoms in total. The van der Waals surface area contributed by atoms with Crippen LogP contribution in [0, 0.1) is 10.8 Å². The molecular formula is C25H26F3N3O2. The van der Waals surface area contributed by atoms with E-state index in [2.05, 4.69) is 16.9 Å². The number of hydrogen-bond acceptors (Lipinski definition) is 5. The van der Waals surface area contributed by atoms with E-state index < -0.39 is 11.9 Å². The molecule has 6 rings (SSSR count). The molecule has 2 aromatic rings. The molecule has 4 aliphatic rings. The average molecular weight is 457 g/mol. The topological polar surface area (TPSA) is 60.1 Å². The van der Waals surface area contributed by atoms with Gasteiger partial charge in [-0.25, -0.2) is 4.99 Å². The van der Waals surface area contributed by atoms with Gasteiger partial charge in [-0.2, -0.15) is 0 Å². The fraction of sp³-hybridized carbons (Fsp3) is 0.480. The minimum atomic E-state index is -4.73. The summed E-state index contributed by atoms with van der Waals surface area (Å²) in [6, 6.07) is 12.3. The minimum absolute atomic E-state index is 0.0204. The lowest BCUT2D eigenvalue weighted by atomic mass is 9.73. The number of halogens is 3. The van der Waals surface area contributed by atoms with Gasteiger partial charge in [-0.3, -0.25) is 0 Å². The maximum Gasteiger partial charge on any atom is 0.573 e. The number of nitrogens with two attached hydrogens (primary N) is 1. The summed E-state index contributed by atoms with van der Waals surface area (Å²) in [5, 5.41) is 0. The Hall–Kier alpha value is -2.74. The predicted molar refractivity (Wildman–Crippen MR) is 118 cm³/mol. The molecule has 8 heteroatoms. The van der Waals surface area contributed by atoms with Crippen molar-refractivity contribution >= 4 is 5.96 Å². The average Bonchev–Trinajstić information content (AvgIpc) is 3.13. The van der Waals surface area contributed by atoms with Crippen LogP contribution < -0.4 is 10.5 Å². The van der Waals surface area contributed by atoms with E-state index in [1.807, 2.05) is 18.0 Å². The second kappa shape index (κ2) is 6.44. The molecule has 1 aliphatic heterocycles. The van der Waals surface area contributed by atoms with Crippen molar-refractivity contribution in [1.29, 1.82) is 0 Å². The number of nitrogens with zero attached hydrogens (tertiary/aromatic N) is 2. The number of guanidine groups is 1. The van der Waals surface area contributed by atoms with Crippen molar-refractivity contribution in [1.82, 2.24) is 4.90 Å². The minimum Gasteiger partial charge on any atom is -0.406 e. The zero-order chi connectivity index (χ0) is 23.2. The fourth-order valence-corrected chi connectivity index (χ4v) is 7.38. The SMILES string of the molecule is COC1CCC23Cc4ccc(-c5cccc(OC(F)(F)F)c5)cc4C24N=C(N)N(C)CC34C1. The highest BCUT2D eigenvalue weighted by Gasteiger charge is 2.91. The summed E-state index contributed by atoms with van der Waals surface area (Å²) in [6.07, 6.45) is -0.629. The van der Waals surface area contributed by atoms with Crippen LogP contribution in [0.25, 0.3) is 11.1 Å². The Bertz CT molecular complexity index is 1180. The zero-order valence-corrected chi connectivity index (χ0v) is 18.6. The number of methoxy groups -OCH3 is 1. The van der Waals surface area contributed by atoms with Crippen LogP contribution in [0.3, 0.4) is 0 Å². The van der Waals surface area contributed by atoms with E-state index in [0.717, 1.165) is 43.4 Å². The highest BCUT2D eigenvalue weighted by atomic mass is 19.4. The van der Waals surface area contributed by atoms with Crippen molar-refractivity contribution in [3.8, 4) is 16.9 Å². The second-order valence-corrected chi connectivity index (χ2v) is 9.93. The third-order valence-electron chi connectivity index (χ3n) is 8.61. The van der Waals surface area contributed by atoms with Crippen molar-refractivity contribution in [3.05, 3.63) is 53.6 Å². The number of fused-ring (bicyclic) bond motifs is 1. The molecule has 33 heavy (non-hydrogen) atoms. The van der Waals surface area contributed by atoms with Crippen LogP contribution in [0.15, 0.2) is 47.5 Å². The Morgan fingerprint density at radius 3 is 2.67 bits per heavy atom. The Labute approximate surface area is 190 Å². The second-order valence-electron chi connectivity index (χ2n) is 9.93. The number of alkyl halides is 3. The van der Waals surface area contributed by atoms with E-state index in [1.54, 1.807) is 19.2 Å². The van der Waals surface area contributed by atoms with Crippen LogP contribution in [0.5, 0.6) is 5.75 Å². The first kappa shape index (κ1) is 20.8. The first-order chi connectivity index (χ1) is 15.6. The highest BCUT2D eigenvalue weighted by molar-refractivity contribution is 5.83. The van der Waals surface area contributed by atoms with Gasteiger partial charge in [0, 0.05) is 31.5 Å². The maximum absolute atomic E-state index is 12.7. The van der Waals surface area contributed by atoms with Gasteiger partial charge in [0.05, 0.1) is 6.10 Å². The van der Waals surface area contributed by atoms with Gasteiger partial charge in [-0.15, -0.1) is 13.2 Å².